The van der Waals surface area contributed by atoms with Crippen LogP contribution < -0.4 is 14.4 Å². The van der Waals surface area contributed by atoms with E-state index in [-0.39, 0.29) is 35.4 Å². The molecule has 1 unspecified atom stereocenters. The fourth-order valence-electron chi connectivity index (χ4n) is 4.81. The molecule has 0 radical (unpaired) electrons. The minimum absolute atomic E-state index is 0.0646. The van der Waals surface area contributed by atoms with Crippen LogP contribution >= 0.6 is 0 Å². The number of rotatable bonds is 7. The van der Waals surface area contributed by atoms with E-state index in [0.717, 1.165) is 5.56 Å². The van der Waals surface area contributed by atoms with Crippen LogP contribution in [0.1, 0.15) is 60.5 Å². The van der Waals surface area contributed by atoms with Crippen molar-refractivity contribution < 1.29 is 29.3 Å². The van der Waals surface area contributed by atoms with Gasteiger partial charge in [0.2, 0.25) is 0 Å². The van der Waals surface area contributed by atoms with Crippen LogP contribution in [0.25, 0.3) is 5.76 Å². The molecule has 1 atom stereocenters. The number of Topliss-reactive ketones (excluding diaryl/α,β-unsaturated/α-hetero) is 1. The van der Waals surface area contributed by atoms with Crippen molar-refractivity contribution in [1.29, 1.82) is 5.26 Å². The average Bonchev–Trinajstić information content (AvgIpc) is 3.19. The third-order valence-corrected chi connectivity index (χ3v) is 6.77. The molecule has 0 aromatic heterocycles. The molecule has 3 aromatic carbocycles. The van der Waals surface area contributed by atoms with Gasteiger partial charge >= 0.3 is 0 Å². The van der Waals surface area contributed by atoms with Crippen molar-refractivity contribution >= 4 is 23.1 Å². The number of hydrogen-bond acceptors (Lipinski definition) is 7. The van der Waals surface area contributed by atoms with Gasteiger partial charge in [0.1, 0.15) is 11.5 Å². The summed E-state index contributed by atoms with van der Waals surface area (Å²) < 4.78 is 11.1. The van der Waals surface area contributed by atoms with Crippen LogP contribution in [-0.4, -0.2) is 35.6 Å². The summed E-state index contributed by atoms with van der Waals surface area (Å²) in [5, 5.41) is 31.2. The van der Waals surface area contributed by atoms with Gasteiger partial charge in [-0.2, -0.15) is 5.26 Å². The Morgan fingerprint density at radius 1 is 1.08 bits per heavy atom. The first-order chi connectivity index (χ1) is 18.6. The number of anilines is 1. The van der Waals surface area contributed by atoms with E-state index in [9.17, 15) is 25.1 Å². The van der Waals surface area contributed by atoms with E-state index >= 15 is 0 Å². The first-order valence-corrected chi connectivity index (χ1v) is 12.6. The molecule has 0 aliphatic carbocycles. The summed E-state index contributed by atoms with van der Waals surface area (Å²) >= 11 is 0. The molecule has 1 heterocycles. The van der Waals surface area contributed by atoms with Crippen molar-refractivity contribution in [1.82, 2.24) is 0 Å². The van der Waals surface area contributed by atoms with Crippen LogP contribution in [0.3, 0.4) is 0 Å². The number of carbonyl (C=O) groups is 2. The summed E-state index contributed by atoms with van der Waals surface area (Å²) in [6.07, 6.45) is 0. The Morgan fingerprint density at radius 2 is 1.77 bits per heavy atom. The van der Waals surface area contributed by atoms with Crippen molar-refractivity contribution in [3.05, 3.63) is 88.0 Å². The number of methoxy groups -OCH3 is 1. The van der Waals surface area contributed by atoms with Gasteiger partial charge in [-0.3, -0.25) is 14.5 Å². The predicted octanol–water partition coefficient (Wildman–Crippen LogP) is 5.73. The standard InChI is InChI=1S/C31H30N2O6/c1-6-39-26-14-20(9-12-24(26)34)28-27(29(35)23-15-22(17(2)3)25(38-5)13-18(23)4)30(36)31(37)33(28)21-10-7-19(16-32)8-11-21/h7-15,17,28,34-35H,6H2,1-5H3/b29-27+. The zero-order valence-electron chi connectivity index (χ0n) is 22.5. The Hall–Kier alpha value is -4.77. The average molecular weight is 527 g/mol. The minimum atomic E-state index is -1.03. The van der Waals surface area contributed by atoms with Crippen LogP contribution in [0.5, 0.6) is 17.2 Å². The molecule has 1 fully saturated rings. The predicted molar refractivity (Wildman–Crippen MR) is 147 cm³/mol. The third-order valence-electron chi connectivity index (χ3n) is 6.77. The molecular formula is C31H30N2O6. The number of amides is 1. The molecule has 3 aromatic rings. The van der Waals surface area contributed by atoms with Crippen molar-refractivity contribution in [3.63, 3.8) is 0 Å². The van der Waals surface area contributed by atoms with Gasteiger partial charge in [0.25, 0.3) is 11.7 Å². The number of phenolic OH excluding ortho intramolecular Hbond substituents is 1. The maximum atomic E-state index is 13.6. The summed E-state index contributed by atoms with van der Waals surface area (Å²) in [6, 6.07) is 15.4. The van der Waals surface area contributed by atoms with Gasteiger partial charge in [-0.05, 0) is 85.0 Å². The molecule has 8 nitrogen and oxygen atoms in total. The largest absolute Gasteiger partial charge is 0.507 e. The summed E-state index contributed by atoms with van der Waals surface area (Å²) in [5.41, 5.74) is 3.04. The zero-order chi connectivity index (χ0) is 28.4. The van der Waals surface area contributed by atoms with E-state index in [1.807, 2.05) is 19.9 Å². The molecule has 0 bridgehead atoms. The molecule has 0 saturated carbocycles. The lowest BCUT2D eigenvalue weighted by Gasteiger charge is -2.26. The SMILES string of the molecule is CCOc1cc(C2/C(=C(\O)c3cc(C(C)C)c(OC)cc3C)C(=O)C(=O)N2c2ccc(C#N)cc2)ccc1O. The summed E-state index contributed by atoms with van der Waals surface area (Å²) in [6.45, 7) is 7.84. The van der Waals surface area contributed by atoms with Crippen LogP contribution in [0.15, 0.2) is 60.2 Å². The fraction of sp³-hybridized carbons (Fsp3) is 0.258. The Kier molecular flexibility index (Phi) is 7.63. The lowest BCUT2D eigenvalue weighted by molar-refractivity contribution is -0.132. The number of ketones is 1. The summed E-state index contributed by atoms with van der Waals surface area (Å²) in [7, 11) is 1.57. The van der Waals surface area contributed by atoms with E-state index in [0.29, 0.717) is 33.7 Å². The van der Waals surface area contributed by atoms with E-state index in [4.69, 9.17) is 9.47 Å². The molecular weight excluding hydrogens is 496 g/mol. The highest BCUT2D eigenvalue weighted by atomic mass is 16.5. The number of aliphatic hydroxyl groups is 1. The quantitative estimate of drug-likeness (QED) is 0.229. The van der Waals surface area contributed by atoms with Gasteiger partial charge in [-0.1, -0.05) is 19.9 Å². The van der Waals surface area contributed by atoms with Crippen LogP contribution in [0.4, 0.5) is 5.69 Å². The second-order valence-electron chi connectivity index (χ2n) is 9.55. The van der Waals surface area contributed by atoms with Crippen LogP contribution in [0, 0.1) is 18.3 Å². The molecule has 39 heavy (non-hydrogen) atoms. The van der Waals surface area contributed by atoms with Gasteiger partial charge < -0.3 is 19.7 Å². The molecule has 1 amide bonds. The zero-order valence-corrected chi connectivity index (χ0v) is 22.5. The number of ether oxygens (including phenoxy) is 2. The topological polar surface area (TPSA) is 120 Å². The number of carbonyl (C=O) groups excluding carboxylic acids is 2. The van der Waals surface area contributed by atoms with Gasteiger partial charge in [0.05, 0.1) is 37.0 Å². The lowest BCUT2D eigenvalue weighted by Crippen LogP contribution is -2.29. The number of nitrogens with zero attached hydrogens (tertiary/aromatic N) is 2. The maximum Gasteiger partial charge on any atom is 0.300 e. The monoisotopic (exact) mass is 526 g/mol. The molecule has 2 N–H and O–H groups in total. The van der Waals surface area contributed by atoms with Crippen molar-refractivity contribution in [2.45, 2.75) is 39.7 Å². The Morgan fingerprint density at radius 3 is 2.36 bits per heavy atom. The molecule has 200 valence electrons. The number of benzene rings is 3. The highest BCUT2D eigenvalue weighted by molar-refractivity contribution is 6.51. The van der Waals surface area contributed by atoms with Gasteiger partial charge in [0, 0.05) is 11.3 Å². The van der Waals surface area contributed by atoms with Gasteiger partial charge in [0.15, 0.2) is 11.5 Å². The second kappa shape index (κ2) is 10.9. The highest BCUT2D eigenvalue weighted by Gasteiger charge is 2.47. The normalized spacial score (nSPS) is 16.4. The molecule has 1 saturated heterocycles. The number of nitriles is 1. The highest BCUT2D eigenvalue weighted by Crippen LogP contribution is 2.45. The molecule has 1 aliphatic heterocycles. The lowest BCUT2D eigenvalue weighted by atomic mass is 9.91. The third kappa shape index (κ3) is 4.91. The molecule has 8 heteroatoms. The first kappa shape index (κ1) is 27.3. The van der Waals surface area contributed by atoms with Gasteiger partial charge in [-0.25, -0.2) is 0 Å². The van der Waals surface area contributed by atoms with E-state index < -0.39 is 17.7 Å². The number of aromatic hydroxyl groups is 1. The molecule has 0 spiro atoms. The summed E-state index contributed by atoms with van der Waals surface area (Å²) in [4.78, 5) is 28.4. The number of phenols is 1. The molecule has 4 rings (SSSR count). The Labute approximate surface area is 227 Å². The van der Waals surface area contributed by atoms with E-state index in [1.165, 1.54) is 11.0 Å². The smallest absolute Gasteiger partial charge is 0.300 e. The number of hydrogen-bond donors (Lipinski definition) is 2. The van der Waals surface area contributed by atoms with E-state index in [1.54, 1.807) is 69.5 Å². The Bertz CT molecular complexity index is 1520. The number of aliphatic hydroxyl groups excluding tert-OH is 1. The van der Waals surface area contributed by atoms with Crippen molar-refractivity contribution in [2.75, 3.05) is 18.6 Å². The fourth-order valence-corrected chi connectivity index (χ4v) is 4.81. The first-order valence-electron chi connectivity index (χ1n) is 12.6. The van der Waals surface area contributed by atoms with Crippen LogP contribution in [-0.2, 0) is 9.59 Å². The van der Waals surface area contributed by atoms with Crippen molar-refractivity contribution in [2.24, 2.45) is 0 Å². The maximum absolute atomic E-state index is 13.6. The number of aryl methyl sites for hydroxylation is 1. The second-order valence-corrected chi connectivity index (χ2v) is 9.55. The van der Waals surface area contributed by atoms with Crippen molar-refractivity contribution in [3.8, 4) is 23.3 Å². The minimum Gasteiger partial charge on any atom is -0.507 e. The van der Waals surface area contributed by atoms with E-state index in [2.05, 4.69) is 0 Å². The van der Waals surface area contributed by atoms with Gasteiger partial charge in [-0.15, -0.1) is 0 Å². The molecule has 1 aliphatic rings. The summed E-state index contributed by atoms with van der Waals surface area (Å²) in [5.74, 6) is -1.18. The Balaban J connectivity index is 2.00. The van der Waals surface area contributed by atoms with Crippen LogP contribution in [0.2, 0.25) is 0 Å².